The lowest BCUT2D eigenvalue weighted by atomic mass is 10.1. The van der Waals surface area contributed by atoms with Crippen molar-refractivity contribution >= 4 is 5.97 Å². The minimum absolute atomic E-state index is 0.242. The summed E-state index contributed by atoms with van der Waals surface area (Å²) in [5.41, 5.74) is 0. The first-order chi connectivity index (χ1) is 8.27. The Hall–Kier alpha value is -0.970. The maximum atomic E-state index is 10.2. The van der Waals surface area contributed by atoms with E-state index < -0.39 is 5.97 Å². The summed E-state index contributed by atoms with van der Waals surface area (Å²) in [6, 6.07) is 0. The van der Waals surface area contributed by atoms with E-state index in [1.54, 1.807) is 0 Å². The molecule has 0 rings (SSSR count). The van der Waals surface area contributed by atoms with Crippen LogP contribution in [-0.4, -0.2) is 11.1 Å². The second-order valence-electron chi connectivity index (χ2n) is 4.47. The number of carbonyl (C=O) groups is 1. The number of hydrogen-bond acceptors (Lipinski definition) is 1. The summed E-state index contributed by atoms with van der Waals surface area (Å²) in [6.07, 6.45) is 11.8. The van der Waals surface area contributed by atoms with E-state index in [2.05, 4.69) is 18.8 Å². The second kappa shape index (κ2) is 13.1. The van der Waals surface area contributed by atoms with Crippen molar-refractivity contribution in [1.29, 1.82) is 0 Å². The van der Waals surface area contributed by atoms with Gasteiger partial charge in [-0.3, -0.25) is 4.79 Å². The molecule has 0 saturated heterocycles. The highest BCUT2D eigenvalue weighted by Gasteiger charge is 1.93. The third kappa shape index (κ3) is 15.0. The van der Waals surface area contributed by atoms with Crippen LogP contribution < -0.4 is 0 Å². The smallest absolute Gasteiger partial charge is 0.303 e. The monoisotopic (exact) mass is 238 g/mol. The minimum atomic E-state index is -0.723. The maximum Gasteiger partial charge on any atom is 0.303 e. The first-order valence-electron chi connectivity index (χ1n) is 6.95. The molecule has 1 N–H and O–H groups in total. The molecule has 0 aromatic heterocycles. The zero-order valence-electron chi connectivity index (χ0n) is 11.1. The summed E-state index contributed by atoms with van der Waals surface area (Å²) >= 11 is 0. The van der Waals surface area contributed by atoms with Crippen LogP contribution in [0.1, 0.15) is 77.6 Å². The molecule has 0 fully saturated rings. The van der Waals surface area contributed by atoms with E-state index in [1.165, 1.54) is 44.9 Å². The Bertz CT molecular complexity index is 235. The molecule has 0 aliphatic heterocycles. The van der Waals surface area contributed by atoms with Crippen LogP contribution in [0.25, 0.3) is 0 Å². The van der Waals surface area contributed by atoms with Crippen molar-refractivity contribution in [3.63, 3.8) is 0 Å². The van der Waals surface area contributed by atoms with Gasteiger partial charge in [0.1, 0.15) is 0 Å². The Balaban J connectivity index is 3.11. The van der Waals surface area contributed by atoms with Gasteiger partial charge in [0.15, 0.2) is 0 Å². The van der Waals surface area contributed by atoms with Crippen LogP contribution in [-0.2, 0) is 4.79 Å². The molecule has 2 nitrogen and oxygen atoms in total. The molecule has 0 radical (unpaired) electrons. The average molecular weight is 238 g/mol. The number of unbranched alkanes of at least 4 members (excludes halogenated alkanes) is 8. The molecule has 0 unspecified atom stereocenters. The molecule has 0 aromatic carbocycles. The molecule has 0 bridgehead atoms. The molecule has 2 heteroatoms. The van der Waals surface area contributed by atoms with Crippen LogP contribution in [0.15, 0.2) is 0 Å². The Morgan fingerprint density at radius 1 is 0.882 bits per heavy atom. The van der Waals surface area contributed by atoms with Crippen molar-refractivity contribution < 1.29 is 9.90 Å². The standard InChI is InChI=1S/C15H26O2/c1-2-3-4-5-6-7-8-9-10-11-12-13-14-15(16)17/h2-9,12-14H2,1H3,(H,16,17). The van der Waals surface area contributed by atoms with E-state index in [0.29, 0.717) is 6.42 Å². The van der Waals surface area contributed by atoms with Crippen molar-refractivity contribution in [3.8, 4) is 11.8 Å². The van der Waals surface area contributed by atoms with Crippen molar-refractivity contribution in [2.75, 3.05) is 0 Å². The molecule has 17 heavy (non-hydrogen) atoms. The van der Waals surface area contributed by atoms with E-state index >= 15 is 0 Å². The summed E-state index contributed by atoms with van der Waals surface area (Å²) < 4.78 is 0. The van der Waals surface area contributed by atoms with Gasteiger partial charge in [-0.25, -0.2) is 0 Å². The predicted molar refractivity (Wildman–Crippen MR) is 71.9 cm³/mol. The zero-order valence-corrected chi connectivity index (χ0v) is 11.1. The van der Waals surface area contributed by atoms with Gasteiger partial charge in [0.05, 0.1) is 0 Å². The number of carboxylic acids is 1. The molecular formula is C15H26O2. The van der Waals surface area contributed by atoms with E-state index in [4.69, 9.17) is 5.11 Å². The summed E-state index contributed by atoms with van der Waals surface area (Å²) in [7, 11) is 0. The lowest BCUT2D eigenvalue weighted by Crippen LogP contribution is -1.92. The average Bonchev–Trinajstić information content (AvgIpc) is 2.30. The molecule has 0 atom stereocenters. The number of rotatable bonds is 10. The summed E-state index contributed by atoms with van der Waals surface area (Å²) in [4.78, 5) is 10.2. The quantitative estimate of drug-likeness (QED) is 0.453. The second-order valence-corrected chi connectivity index (χ2v) is 4.47. The normalized spacial score (nSPS) is 9.71. The fraction of sp³-hybridized carbons (Fsp3) is 0.800. The highest BCUT2D eigenvalue weighted by molar-refractivity contribution is 5.66. The molecule has 0 amide bonds. The van der Waals surface area contributed by atoms with Crippen LogP contribution in [0.3, 0.4) is 0 Å². The zero-order chi connectivity index (χ0) is 12.8. The van der Waals surface area contributed by atoms with Crippen molar-refractivity contribution in [2.24, 2.45) is 0 Å². The van der Waals surface area contributed by atoms with E-state index in [-0.39, 0.29) is 6.42 Å². The van der Waals surface area contributed by atoms with Crippen LogP contribution >= 0.6 is 0 Å². The van der Waals surface area contributed by atoms with Crippen molar-refractivity contribution in [1.82, 2.24) is 0 Å². The molecule has 0 aliphatic carbocycles. The number of carboxylic acid groups (broad SMARTS) is 1. The fourth-order valence-corrected chi connectivity index (χ4v) is 1.68. The van der Waals surface area contributed by atoms with Gasteiger partial charge in [-0.2, -0.15) is 0 Å². The molecule has 0 saturated carbocycles. The Labute approximate surface area is 106 Å². The minimum Gasteiger partial charge on any atom is -0.481 e. The van der Waals surface area contributed by atoms with Gasteiger partial charge < -0.3 is 5.11 Å². The molecule has 0 spiro atoms. The topological polar surface area (TPSA) is 37.3 Å². The highest BCUT2D eigenvalue weighted by atomic mass is 16.4. The van der Waals surface area contributed by atoms with Gasteiger partial charge in [0.2, 0.25) is 0 Å². The Morgan fingerprint density at radius 2 is 1.41 bits per heavy atom. The number of hydrogen-bond donors (Lipinski definition) is 1. The van der Waals surface area contributed by atoms with Gasteiger partial charge in [-0.05, 0) is 12.8 Å². The maximum absolute atomic E-state index is 10.2. The van der Waals surface area contributed by atoms with Crippen LogP contribution in [0.4, 0.5) is 0 Å². The van der Waals surface area contributed by atoms with Crippen LogP contribution in [0.5, 0.6) is 0 Å². The van der Waals surface area contributed by atoms with Gasteiger partial charge >= 0.3 is 5.97 Å². The SMILES string of the molecule is CCCCCCCCCC#CCCCC(=O)O. The van der Waals surface area contributed by atoms with Gasteiger partial charge in [0.25, 0.3) is 0 Å². The fourth-order valence-electron chi connectivity index (χ4n) is 1.68. The molecule has 0 aromatic rings. The first kappa shape index (κ1) is 16.0. The lowest BCUT2D eigenvalue weighted by molar-refractivity contribution is -0.137. The lowest BCUT2D eigenvalue weighted by Gasteiger charge is -1.97. The van der Waals surface area contributed by atoms with Crippen molar-refractivity contribution in [2.45, 2.75) is 77.6 Å². The number of aliphatic carboxylic acids is 1. The molecule has 98 valence electrons. The van der Waals surface area contributed by atoms with Gasteiger partial charge in [-0.1, -0.05) is 45.4 Å². The highest BCUT2D eigenvalue weighted by Crippen LogP contribution is 2.07. The molecular weight excluding hydrogens is 212 g/mol. The summed E-state index contributed by atoms with van der Waals surface area (Å²) in [6.45, 7) is 2.24. The van der Waals surface area contributed by atoms with Crippen molar-refractivity contribution in [3.05, 3.63) is 0 Å². The van der Waals surface area contributed by atoms with Gasteiger partial charge in [0, 0.05) is 19.3 Å². The molecule has 0 aliphatic rings. The van der Waals surface area contributed by atoms with E-state index in [1.807, 2.05) is 0 Å². The van der Waals surface area contributed by atoms with Gasteiger partial charge in [-0.15, -0.1) is 11.8 Å². The summed E-state index contributed by atoms with van der Waals surface area (Å²) in [5, 5.41) is 8.43. The van der Waals surface area contributed by atoms with E-state index in [9.17, 15) is 4.79 Å². The third-order valence-corrected chi connectivity index (χ3v) is 2.72. The molecule has 0 heterocycles. The summed E-state index contributed by atoms with van der Waals surface area (Å²) in [5.74, 6) is 5.43. The van der Waals surface area contributed by atoms with E-state index in [0.717, 1.165) is 12.8 Å². The van der Waals surface area contributed by atoms with Crippen LogP contribution in [0, 0.1) is 11.8 Å². The predicted octanol–water partition coefficient (Wildman–Crippen LogP) is 4.39. The Kier molecular flexibility index (Phi) is 12.3. The van der Waals surface area contributed by atoms with Crippen LogP contribution in [0.2, 0.25) is 0 Å². The largest absolute Gasteiger partial charge is 0.481 e. The first-order valence-corrected chi connectivity index (χ1v) is 6.95. The Morgan fingerprint density at radius 3 is 2.00 bits per heavy atom. The third-order valence-electron chi connectivity index (χ3n) is 2.72.